The minimum Gasteiger partial charge on any atom is -0.369 e. The molecule has 1 N–H and O–H groups in total. The van der Waals surface area contributed by atoms with Crippen LogP contribution in [-0.4, -0.2) is 57.1 Å². The number of aryl methyl sites for hydroxylation is 1. The van der Waals surface area contributed by atoms with Gasteiger partial charge in [-0.25, -0.2) is 8.42 Å². The number of halogens is 1. The number of nitrogens with one attached hydrogen (secondary N) is 1. The summed E-state index contributed by atoms with van der Waals surface area (Å²) in [6.45, 7) is 4.37. The zero-order valence-electron chi connectivity index (χ0n) is 15.8. The summed E-state index contributed by atoms with van der Waals surface area (Å²) in [4.78, 5) is 14.3. The van der Waals surface area contributed by atoms with Crippen LogP contribution in [0.3, 0.4) is 0 Å². The van der Waals surface area contributed by atoms with Crippen LogP contribution in [0, 0.1) is 6.92 Å². The Bertz CT molecular complexity index is 924. The Morgan fingerprint density at radius 1 is 1.07 bits per heavy atom. The zero-order valence-corrected chi connectivity index (χ0v) is 18.2. The highest BCUT2D eigenvalue weighted by Crippen LogP contribution is 2.19. The lowest BCUT2D eigenvalue weighted by Crippen LogP contribution is -2.50. The molecular weight excluding hydrogens is 442 g/mol. The van der Waals surface area contributed by atoms with Crippen LogP contribution in [-0.2, 0) is 10.0 Å². The second kappa shape index (κ2) is 9.07. The van der Waals surface area contributed by atoms with E-state index in [9.17, 15) is 13.2 Å². The maximum atomic E-state index is 12.6. The third kappa shape index (κ3) is 5.33. The van der Waals surface area contributed by atoms with E-state index in [-0.39, 0.29) is 18.2 Å². The summed E-state index contributed by atoms with van der Waals surface area (Å²) < 4.78 is 27.6. The SMILES string of the molecule is Cc1cccc(N2CCN(S(=O)(=O)CCNC(=O)c3ccc(Br)cc3)CC2)c1. The zero-order chi connectivity index (χ0) is 20.1. The van der Waals surface area contributed by atoms with Crippen LogP contribution in [0.15, 0.2) is 53.0 Å². The second-order valence-corrected chi connectivity index (χ2v) is 9.81. The molecule has 1 aliphatic heterocycles. The van der Waals surface area contributed by atoms with Gasteiger partial charge in [0, 0.05) is 48.4 Å². The van der Waals surface area contributed by atoms with Crippen molar-refractivity contribution < 1.29 is 13.2 Å². The number of nitrogens with zero attached hydrogens (tertiary/aromatic N) is 2. The van der Waals surface area contributed by atoms with Gasteiger partial charge in [0.05, 0.1) is 5.75 Å². The van der Waals surface area contributed by atoms with Crippen LogP contribution < -0.4 is 10.2 Å². The van der Waals surface area contributed by atoms with Crippen molar-refractivity contribution in [1.82, 2.24) is 9.62 Å². The highest BCUT2D eigenvalue weighted by atomic mass is 79.9. The fraction of sp³-hybridized carbons (Fsp3) is 0.350. The topological polar surface area (TPSA) is 69.7 Å². The number of benzene rings is 2. The van der Waals surface area contributed by atoms with Crippen LogP contribution in [0.25, 0.3) is 0 Å². The third-order valence-electron chi connectivity index (χ3n) is 4.75. The molecule has 0 bridgehead atoms. The smallest absolute Gasteiger partial charge is 0.251 e. The van der Waals surface area contributed by atoms with E-state index < -0.39 is 10.0 Å². The van der Waals surface area contributed by atoms with E-state index in [0.29, 0.717) is 31.7 Å². The Morgan fingerprint density at radius 2 is 1.75 bits per heavy atom. The van der Waals surface area contributed by atoms with Gasteiger partial charge in [0.2, 0.25) is 10.0 Å². The molecule has 150 valence electrons. The summed E-state index contributed by atoms with van der Waals surface area (Å²) in [5, 5.41) is 2.68. The molecule has 0 atom stereocenters. The molecule has 3 rings (SSSR count). The van der Waals surface area contributed by atoms with Gasteiger partial charge in [-0.2, -0.15) is 4.31 Å². The van der Waals surface area contributed by atoms with Gasteiger partial charge in [-0.3, -0.25) is 4.79 Å². The Labute approximate surface area is 174 Å². The molecule has 0 radical (unpaired) electrons. The maximum Gasteiger partial charge on any atom is 0.251 e. The molecule has 0 aromatic heterocycles. The monoisotopic (exact) mass is 465 g/mol. The first kappa shape index (κ1) is 20.8. The number of anilines is 1. The molecule has 1 heterocycles. The van der Waals surface area contributed by atoms with Crippen molar-refractivity contribution in [3.8, 4) is 0 Å². The molecule has 2 aromatic rings. The van der Waals surface area contributed by atoms with Gasteiger partial charge in [-0.15, -0.1) is 0 Å². The van der Waals surface area contributed by atoms with Gasteiger partial charge < -0.3 is 10.2 Å². The van der Waals surface area contributed by atoms with E-state index in [0.717, 1.165) is 10.2 Å². The predicted octanol–water partition coefficient (Wildman–Crippen LogP) is 2.64. The second-order valence-electron chi connectivity index (χ2n) is 6.80. The number of hydrogen-bond acceptors (Lipinski definition) is 4. The predicted molar refractivity (Wildman–Crippen MR) is 115 cm³/mol. The molecule has 6 nitrogen and oxygen atoms in total. The number of piperazine rings is 1. The minimum atomic E-state index is -3.40. The van der Waals surface area contributed by atoms with Crippen LogP contribution in [0.1, 0.15) is 15.9 Å². The number of rotatable bonds is 6. The summed E-state index contributed by atoms with van der Waals surface area (Å²) in [5.41, 5.74) is 2.82. The highest BCUT2D eigenvalue weighted by molar-refractivity contribution is 9.10. The average Bonchev–Trinajstić information content (AvgIpc) is 2.68. The Kier molecular flexibility index (Phi) is 6.74. The van der Waals surface area contributed by atoms with Crippen LogP contribution in [0.5, 0.6) is 0 Å². The Hall–Kier alpha value is -1.90. The summed E-state index contributed by atoms with van der Waals surface area (Å²) in [5.74, 6) is -0.369. The average molecular weight is 466 g/mol. The van der Waals surface area contributed by atoms with Gasteiger partial charge in [0.15, 0.2) is 0 Å². The van der Waals surface area contributed by atoms with Crippen molar-refractivity contribution in [1.29, 1.82) is 0 Å². The molecule has 1 saturated heterocycles. The van der Waals surface area contributed by atoms with Crippen molar-refractivity contribution >= 4 is 37.5 Å². The Morgan fingerprint density at radius 3 is 2.39 bits per heavy atom. The highest BCUT2D eigenvalue weighted by Gasteiger charge is 2.26. The van der Waals surface area contributed by atoms with Crippen LogP contribution in [0.2, 0.25) is 0 Å². The fourth-order valence-corrected chi connectivity index (χ4v) is 4.78. The lowest BCUT2D eigenvalue weighted by atomic mass is 10.2. The van der Waals surface area contributed by atoms with Crippen molar-refractivity contribution in [3.05, 3.63) is 64.1 Å². The van der Waals surface area contributed by atoms with E-state index in [1.165, 1.54) is 9.87 Å². The summed E-state index contributed by atoms with van der Waals surface area (Å²) >= 11 is 3.32. The third-order valence-corrected chi connectivity index (χ3v) is 7.15. The largest absolute Gasteiger partial charge is 0.369 e. The minimum absolute atomic E-state index is 0.0926. The van der Waals surface area contributed by atoms with E-state index in [1.54, 1.807) is 24.3 Å². The maximum absolute atomic E-state index is 12.6. The van der Waals surface area contributed by atoms with E-state index >= 15 is 0 Å². The lowest BCUT2D eigenvalue weighted by molar-refractivity contribution is 0.0956. The standard InChI is InChI=1S/C20H24BrN3O3S/c1-16-3-2-4-19(15-16)23-10-12-24(13-11-23)28(26,27)14-9-22-20(25)17-5-7-18(21)8-6-17/h2-8,15H,9-14H2,1H3,(H,22,25). The summed E-state index contributed by atoms with van der Waals surface area (Å²) in [6.07, 6.45) is 0. The molecule has 1 aliphatic rings. The molecule has 1 fully saturated rings. The molecule has 0 spiro atoms. The van der Waals surface area contributed by atoms with Gasteiger partial charge >= 0.3 is 0 Å². The molecule has 28 heavy (non-hydrogen) atoms. The van der Waals surface area contributed by atoms with Crippen molar-refractivity contribution in [2.45, 2.75) is 6.92 Å². The van der Waals surface area contributed by atoms with Gasteiger partial charge in [0.25, 0.3) is 5.91 Å². The number of carbonyl (C=O) groups is 1. The van der Waals surface area contributed by atoms with Crippen molar-refractivity contribution in [3.63, 3.8) is 0 Å². The van der Waals surface area contributed by atoms with E-state index in [2.05, 4.69) is 38.3 Å². The Balaban J connectivity index is 1.49. The molecule has 2 aromatic carbocycles. The normalized spacial score (nSPS) is 15.4. The van der Waals surface area contributed by atoms with Crippen LogP contribution in [0.4, 0.5) is 5.69 Å². The summed E-state index contributed by atoms with van der Waals surface area (Å²) in [7, 11) is -3.40. The molecule has 0 saturated carbocycles. The first-order valence-corrected chi connectivity index (χ1v) is 11.6. The quantitative estimate of drug-likeness (QED) is 0.711. The number of amides is 1. The fourth-order valence-electron chi connectivity index (χ4n) is 3.18. The van der Waals surface area contributed by atoms with E-state index in [1.807, 2.05) is 19.1 Å². The molecule has 0 unspecified atom stereocenters. The molecule has 1 amide bonds. The van der Waals surface area contributed by atoms with Gasteiger partial charge in [0.1, 0.15) is 0 Å². The lowest BCUT2D eigenvalue weighted by Gasteiger charge is -2.35. The number of hydrogen-bond donors (Lipinski definition) is 1. The molecule has 0 aliphatic carbocycles. The first-order chi connectivity index (χ1) is 13.3. The first-order valence-electron chi connectivity index (χ1n) is 9.18. The van der Waals surface area contributed by atoms with Gasteiger partial charge in [-0.1, -0.05) is 28.1 Å². The number of carbonyl (C=O) groups excluding carboxylic acids is 1. The molecular formula is C20H24BrN3O3S. The summed E-state index contributed by atoms with van der Waals surface area (Å²) in [6, 6.07) is 15.2. The van der Waals surface area contributed by atoms with Crippen molar-refractivity contribution in [2.24, 2.45) is 0 Å². The molecule has 8 heteroatoms. The van der Waals surface area contributed by atoms with Crippen molar-refractivity contribution in [2.75, 3.05) is 43.4 Å². The number of sulfonamides is 1. The van der Waals surface area contributed by atoms with Crippen LogP contribution >= 0.6 is 15.9 Å². The van der Waals surface area contributed by atoms with E-state index in [4.69, 9.17) is 0 Å². The van der Waals surface area contributed by atoms with Gasteiger partial charge in [-0.05, 0) is 48.9 Å².